The maximum Gasteiger partial charge on any atom is 0.212 e. The number of hydrazone groups is 1. The van der Waals surface area contributed by atoms with Crippen LogP contribution >= 0.6 is 0 Å². The van der Waals surface area contributed by atoms with Gasteiger partial charge >= 0.3 is 0 Å². The van der Waals surface area contributed by atoms with Crippen LogP contribution in [-0.4, -0.2) is 81.5 Å². The highest BCUT2D eigenvalue weighted by atomic mass is 16.5. The lowest BCUT2D eigenvalue weighted by atomic mass is 10.1. The fourth-order valence-electron chi connectivity index (χ4n) is 4.50. The smallest absolute Gasteiger partial charge is 0.212 e. The van der Waals surface area contributed by atoms with Gasteiger partial charge in [0.2, 0.25) is 5.90 Å². The number of para-hydroxylation sites is 1. The molecule has 0 radical (unpaired) electrons. The molecule has 1 aromatic heterocycles. The van der Waals surface area contributed by atoms with Crippen molar-refractivity contribution in [3.05, 3.63) is 83.2 Å². The highest BCUT2D eigenvalue weighted by molar-refractivity contribution is 6.00. The topological polar surface area (TPSA) is 105 Å². The van der Waals surface area contributed by atoms with Gasteiger partial charge in [-0.15, -0.1) is 0 Å². The van der Waals surface area contributed by atoms with Gasteiger partial charge in [0.05, 0.1) is 40.3 Å². The zero-order valence-corrected chi connectivity index (χ0v) is 22.4. The van der Waals surface area contributed by atoms with Gasteiger partial charge in [-0.25, -0.2) is 0 Å². The van der Waals surface area contributed by atoms with E-state index in [1.54, 1.807) is 20.4 Å². The summed E-state index contributed by atoms with van der Waals surface area (Å²) in [6.07, 6.45) is 13.2. The molecule has 0 bridgehead atoms. The van der Waals surface area contributed by atoms with E-state index in [-0.39, 0.29) is 0 Å². The number of aromatic amines is 1. The summed E-state index contributed by atoms with van der Waals surface area (Å²) in [5, 5.41) is 5.56. The number of H-pyrrole nitrogens is 1. The number of hydrogen-bond acceptors (Lipinski definition) is 9. The van der Waals surface area contributed by atoms with Crippen LogP contribution in [0.4, 0.5) is 0 Å². The molecule has 5 rings (SSSR count). The van der Waals surface area contributed by atoms with E-state index >= 15 is 0 Å². The molecule has 1 aliphatic carbocycles. The van der Waals surface area contributed by atoms with E-state index in [0.717, 1.165) is 52.5 Å². The number of nitrogens with zero attached hydrogens (tertiary/aromatic N) is 4. The molecule has 0 saturated carbocycles. The zero-order chi connectivity index (χ0) is 26.9. The monoisotopic (exact) mass is 530 g/mol. The molecule has 1 fully saturated rings. The molecule has 0 spiro atoms. The number of hydrogen-bond donors (Lipinski definition) is 2. The SMILES string of the molecule is COC1=C(OC)CC=CC(CCOC2=NC(N3CCOCC3)=CC(N/N=C/c3c[nH]c4ccccc34)=NC2)=C1. The Morgan fingerprint density at radius 2 is 2.03 bits per heavy atom. The average molecular weight is 531 g/mol. The molecule has 2 N–H and O–H groups in total. The normalized spacial score (nSPS) is 18.3. The van der Waals surface area contributed by atoms with Crippen LogP contribution in [0.1, 0.15) is 18.4 Å². The van der Waals surface area contributed by atoms with Gasteiger partial charge in [-0.1, -0.05) is 30.4 Å². The maximum absolute atomic E-state index is 6.12. The van der Waals surface area contributed by atoms with Crippen molar-refractivity contribution in [1.82, 2.24) is 15.3 Å². The quantitative estimate of drug-likeness (QED) is 0.397. The van der Waals surface area contributed by atoms with Crippen molar-refractivity contribution in [3.63, 3.8) is 0 Å². The number of amidine groups is 1. The third-order valence-corrected chi connectivity index (χ3v) is 6.58. The number of aromatic nitrogens is 1. The van der Waals surface area contributed by atoms with Crippen LogP contribution in [-0.2, 0) is 18.9 Å². The summed E-state index contributed by atoms with van der Waals surface area (Å²) in [4.78, 5) is 14.9. The second-order valence-electron chi connectivity index (χ2n) is 9.09. The molecule has 0 atom stereocenters. The van der Waals surface area contributed by atoms with Crippen LogP contribution in [0.2, 0.25) is 0 Å². The van der Waals surface area contributed by atoms with E-state index in [1.807, 2.05) is 36.5 Å². The summed E-state index contributed by atoms with van der Waals surface area (Å²) in [6.45, 7) is 3.57. The molecule has 2 aromatic rings. The molecule has 2 aliphatic heterocycles. The second kappa shape index (κ2) is 13.0. The number of allylic oxidation sites excluding steroid dienone is 3. The molecule has 3 aliphatic rings. The van der Waals surface area contributed by atoms with Crippen molar-refractivity contribution in [2.75, 3.05) is 53.7 Å². The van der Waals surface area contributed by atoms with Crippen LogP contribution in [0.15, 0.2) is 92.8 Å². The van der Waals surface area contributed by atoms with E-state index in [9.17, 15) is 0 Å². The Morgan fingerprint density at radius 1 is 1.15 bits per heavy atom. The summed E-state index contributed by atoms with van der Waals surface area (Å²) in [5.41, 5.74) is 6.24. The van der Waals surface area contributed by atoms with Crippen LogP contribution in [0, 0.1) is 0 Å². The summed E-state index contributed by atoms with van der Waals surface area (Å²) in [6, 6.07) is 8.12. The Morgan fingerprint density at radius 3 is 2.87 bits per heavy atom. The van der Waals surface area contributed by atoms with Crippen molar-refractivity contribution >= 4 is 28.9 Å². The zero-order valence-electron chi connectivity index (χ0n) is 22.4. The molecular formula is C29H34N6O4. The number of ether oxygens (including phenoxy) is 4. The first kappa shape index (κ1) is 26.3. The number of morpholine rings is 1. The van der Waals surface area contributed by atoms with E-state index < -0.39 is 0 Å². The van der Waals surface area contributed by atoms with E-state index in [0.29, 0.717) is 50.9 Å². The second-order valence-corrected chi connectivity index (χ2v) is 9.09. The Kier molecular flexibility index (Phi) is 8.75. The van der Waals surface area contributed by atoms with Crippen molar-refractivity contribution in [3.8, 4) is 0 Å². The molecule has 0 amide bonds. The van der Waals surface area contributed by atoms with Crippen molar-refractivity contribution in [2.45, 2.75) is 12.8 Å². The third kappa shape index (κ3) is 6.77. The number of aliphatic imine (C=N–C) groups is 2. The van der Waals surface area contributed by atoms with Gasteiger partial charge in [0, 0.05) is 54.7 Å². The highest BCUT2D eigenvalue weighted by Crippen LogP contribution is 2.21. The highest BCUT2D eigenvalue weighted by Gasteiger charge is 2.18. The summed E-state index contributed by atoms with van der Waals surface area (Å²) in [5.74, 6) is 3.49. The molecule has 0 unspecified atom stereocenters. The van der Waals surface area contributed by atoms with Gasteiger partial charge in [0.1, 0.15) is 24.0 Å². The number of rotatable bonds is 8. The number of benzene rings is 1. The van der Waals surface area contributed by atoms with E-state index in [2.05, 4.69) is 43.6 Å². The van der Waals surface area contributed by atoms with Gasteiger partial charge < -0.3 is 28.8 Å². The fraction of sp³-hybridized carbons (Fsp3) is 0.345. The van der Waals surface area contributed by atoms with Gasteiger partial charge in [0.15, 0.2) is 5.76 Å². The number of fused-ring (bicyclic) bond motifs is 1. The Labute approximate surface area is 228 Å². The standard InChI is InChI=1S/C29H34N6O4/c1-36-25-9-5-6-21(16-26(25)37-2)10-13-39-29-20-31-27(17-28(33-29)35-11-14-38-15-12-35)34-32-19-22-18-30-24-8-4-3-7-23(22)24/h3-8,16-19,30H,9-15,20H2,1-2H3,(H,31,34)/b32-19+. The minimum Gasteiger partial charge on any atom is -0.497 e. The number of methoxy groups -OCH3 is 2. The van der Waals surface area contributed by atoms with Gasteiger partial charge in [-0.05, 0) is 17.7 Å². The predicted octanol–water partition coefficient (Wildman–Crippen LogP) is 3.87. The minimum atomic E-state index is 0.307. The summed E-state index contributed by atoms with van der Waals surface area (Å²) >= 11 is 0. The lowest BCUT2D eigenvalue weighted by Crippen LogP contribution is -2.36. The van der Waals surface area contributed by atoms with Crippen molar-refractivity contribution in [2.24, 2.45) is 15.1 Å². The van der Waals surface area contributed by atoms with Crippen molar-refractivity contribution < 1.29 is 18.9 Å². The molecule has 3 heterocycles. The van der Waals surface area contributed by atoms with Crippen LogP contribution in [0.5, 0.6) is 0 Å². The van der Waals surface area contributed by atoms with E-state index in [1.165, 1.54) is 0 Å². The number of nitrogens with one attached hydrogen (secondary N) is 2. The lowest BCUT2D eigenvalue weighted by Gasteiger charge is -2.28. The maximum atomic E-state index is 6.12. The molecule has 39 heavy (non-hydrogen) atoms. The van der Waals surface area contributed by atoms with Crippen molar-refractivity contribution in [1.29, 1.82) is 0 Å². The van der Waals surface area contributed by atoms with Gasteiger partial charge in [-0.2, -0.15) is 10.1 Å². The summed E-state index contributed by atoms with van der Waals surface area (Å²) < 4.78 is 22.6. The van der Waals surface area contributed by atoms with Crippen LogP contribution in [0.25, 0.3) is 10.9 Å². The van der Waals surface area contributed by atoms with Gasteiger partial charge in [0.25, 0.3) is 0 Å². The third-order valence-electron chi connectivity index (χ3n) is 6.58. The Bertz CT molecular complexity index is 1380. The summed E-state index contributed by atoms with van der Waals surface area (Å²) in [7, 11) is 3.31. The molecule has 1 aromatic carbocycles. The Hall–Kier alpha value is -4.31. The largest absolute Gasteiger partial charge is 0.497 e. The van der Waals surface area contributed by atoms with Crippen LogP contribution in [0.3, 0.4) is 0 Å². The molecule has 10 heteroatoms. The fourth-order valence-corrected chi connectivity index (χ4v) is 4.50. The molecule has 1 saturated heterocycles. The first-order valence-electron chi connectivity index (χ1n) is 13.1. The van der Waals surface area contributed by atoms with Crippen LogP contribution < -0.4 is 5.43 Å². The first-order chi connectivity index (χ1) is 19.2. The predicted molar refractivity (Wildman–Crippen MR) is 153 cm³/mol. The van der Waals surface area contributed by atoms with Gasteiger partial charge in [-0.3, -0.25) is 10.4 Å². The average Bonchev–Trinajstić information content (AvgIpc) is 3.13. The minimum absolute atomic E-state index is 0.307. The Balaban J connectivity index is 1.26. The molecule has 10 nitrogen and oxygen atoms in total. The molecular weight excluding hydrogens is 496 g/mol. The molecule has 204 valence electrons. The van der Waals surface area contributed by atoms with E-state index in [4.69, 9.17) is 23.9 Å². The first-order valence-corrected chi connectivity index (χ1v) is 13.1. The lowest BCUT2D eigenvalue weighted by molar-refractivity contribution is 0.0530.